The number of carbonyl (C=O) groups excluding carboxylic acids is 2. The molecule has 7 nitrogen and oxygen atoms in total. The largest absolute Gasteiger partial charge is 0.278 e. The number of hydrogen-bond acceptors (Lipinski definition) is 6. The first-order chi connectivity index (χ1) is 13.7. The van der Waals surface area contributed by atoms with E-state index in [0.29, 0.717) is 23.7 Å². The zero-order valence-electron chi connectivity index (χ0n) is 15.1. The highest BCUT2D eigenvalue weighted by Gasteiger charge is 2.33. The first-order valence-corrected chi connectivity index (χ1v) is 10.0. The molecule has 142 valence electrons. The van der Waals surface area contributed by atoms with E-state index in [1.165, 1.54) is 16.7 Å². The summed E-state index contributed by atoms with van der Waals surface area (Å²) in [4.78, 5) is 27.4. The van der Waals surface area contributed by atoms with Crippen LogP contribution in [0.15, 0.2) is 65.8 Å². The summed E-state index contributed by atoms with van der Waals surface area (Å²) >= 11 is 1.31. The molecule has 28 heavy (non-hydrogen) atoms. The Morgan fingerprint density at radius 3 is 2.46 bits per heavy atom. The molecule has 0 aliphatic carbocycles. The summed E-state index contributed by atoms with van der Waals surface area (Å²) < 4.78 is 1.62. The third kappa shape index (κ3) is 3.82. The maximum absolute atomic E-state index is 13.1. The van der Waals surface area contributed by atoms with Crippen molar-refractivity contribution in [3.05, 3.63) is 66.2 Å². The Labute approximate surface area is 166 Å². The molecule has 1 fully saturated rings. The van der Waals surface area contributed by atoms with Crippen LogP contribution in [-0.2, 0) is 4.79 Å². The van der Waals surface area contributed by atoms with Crippen LogP contribution in [0.4, 0.5) is 0 Å². The molecule has 2 aromatic carbocycles. The SMILES string of the molecule is O=C(c1ccccc1)N1CCCC[C@@H](Sc2nnnn2-c2ccccc2)C1=O. The van der Waals surface area contributed by atoms with Crippen LogP contribution in [0.2, 0.25) is 0 Å². The van der Waals surface area contributed by atoms with Crippen molar-refractivity contribution < 1.29 is 9.59 Å². The number of rotatable bonds is 4. The monoisotopic (exact) mass is 393 g/mol. The second kappa shape index (κ2) is 8.35. The van der Waals surface area contributed by atoms with Gasteiger partial charge in [0.1, 0.15) is 0 Å². The minimum Gasteiger partial charge on any atom is -0.278 e. The third-order valence-electron chi connectivity index (χ3n) is 4.59. The number of hydrogen-bond donors (Lipinski definition) is 0. The van der Waals surface area contributed by atoms with E-state index in [4.69, 9.17) is 0 Å². The zero-order valence-corrected chi connectivity index (χ0v) is 16.0. The van der Waals surface area contributed by atoms with Crippen molar-refractivity contribution in [2.75, 3.05) is 6.54 Å². The minimum atomic E-state index is -0.399. The lowest BCUT2D eigenvalue weighted by molar-refractivity contribution is -0.127. The molecule has 0 spiro atoms. The third-order valence-corrected chi connectivity index (χ3v) is 5.78. The Hall–Kier alpha value is -3.00. The number of likely N-dealkylation sites (tertiary alicyclic amines) is 1. The van der Waals surface area contributed by atoms with Crippen molar-refractivity contribution in [3.8, 4) is 5.69 Å². The van der Waals surface area contributed by atoms with Crippen LogP contribution in [-0.4, -0.2) is 48.7 Å². The lowest BCUT2D eigenvalue weighted by Crippen LogP contribution is -2.41. The van der Waals surface area contributed by atoms with Crippen LogP contribution in [0.25, 0.3) is 5.69 Å². The Kier molecular flexibility index (Phi) is 5.48. The molecule has 3 aromatic rings. The number of para-hydroxylation sites is 1. The van der Waals surface area contributed by atoms with Gasteiger partial charge >= 0.3 is 0 Å². The molecule has 1 saturated heterocycles. The average molecular weight is 393 g/mol. The Bertz CT molecular complexity index is 961. The standard InChI is InChI=1S/C20H19N5O2S/c26-18(15-9-3-1-4-10-15)24-14-8-7-13-17(19(24)27)28-20-21-22-23-25(20)16-11-5-2-6-12-16/h1-6,9-12,17H,7-8,13-14H2/t17-/m1/s1. The maximum Gasteiger partial charge on any atom is 0.260 e. The summed E-state index contributed by atoms with van der Waals surface area (Å²) in [5.74, 6) is -0.431. The van der Waals surface area contributed by atoms with E-state index < -0.39 is 5.25 Å². The second-order valence-electron chi connectivity index (χ2n) is 6.47. The van der Waals surface area contributed by atoms with Crippen LogP contribution < -0.4 is 0 Å². The van der Waals surface area contributed by atoms with Crippen molar-refractivity contribution >= 4 is 23.6 Å². The molecular weight excluding hydrogens is 374 g/mol. The fraction of sp³-hybridized carbons (Fsp3) is 0.250. The minimum absolute atomic E-state index is 0.182. The van der Waals surface area contributed by atoms with Gasteiger partial charge in [-0.15, -0.1) is 5.10 Å². The first kappa shape index (κ1) is 18.4. The van der Waals surface area contributed by atoms with Crippen LogP contribution in [0.5, 0.6) is 0 Å². The smallest absolute Gasteiger partial charge is 0.260 e. The fourth-order valence-corrected chi connectivity index (χ4v) is 4.26. The number of carbonyl (C=O) groups is 2. The quantitative estimate of drug-likeness (QED) is 0.634. The molecule has 1 aliphatic heterocycles. The van der Waals surface area contributed by atoms with Crippen LogP contribution in [0.3, 0.4) is 0 Å². The van der Waals surface area contributed by atoms with Gasteiger partial charge in [-0.3, -0.25) is 14.5 Å². The number of nitrogens with zero attached hydrogens (tertiary/aromatic N) is 5. The van der Waals surface area contributed by atoms with Gasteiger partial charge in [-0.1, -0.05) is 54.6 Å². The van der Waals surface area contributed by atoms with Gasteiger partial charge in [0.15, 0.2) is 0 Å². The molecule has 0 unspecified atom stereocenters. The molecule has 4 rings (SSSR count). The summed E-state index contributed by atoms with van der Waals surface area (Å²) in [7, 11) is 0. The van der Waals surface area contributed by atoms with Gasteiger partial charge in [0.05, 0.1) is 10.9 Å². The van der Waals surface area contributed by atoms with E-state index in [-0.39, 0.29) is 11.8 Å². The highest BCUT2D eigenvalue weighted by molar-refractivity contribution is 8.00. The summed E-state index contributed by atoms with van der Waals surface area (Å²) in [6.07, 6.45) is 2.35. The van der Waals surface area contributed by atoms with Gasteiger partial charge in [-0.2, -0.15) is 4.68 Å². The molecule has 1 atom stereocenters. The van der Waals surface area contributed by atoms with Gasteiger partial charge in [-0.25, -0.2) is 0 Å². The number of imide groups is 1. The van der Waals surface area contributed by atoms with Crippen LogP contribution in [0.1, 0.15) is 29.6 Å². The normalized spacial score (nSPS) is 17.4. The Morgan fingerprint density at radius 2 is 1.71 bits per heavy atom. The van der Waals surface area contributed by atoms with E-state index in [2.05, 4.69) is 15.5 Å². The van der Waals surface area contributed by atoms with Gasteiger partial charge in [0, 0.05) is 12.1 Å². The van der Waals surface area contributed by atoms with E-state index in [9.17, 15) is 9.59 Å². The summed E-state index contributed by atoms with van der Waals surface area (Å²) in [5.41, 5.74) is 1.35. The van der Waals surface area contributed by atoms with Gasteiger partial charge < -0.3 is 0 Å². The van der Waals surface area contributed by atoms with Crippen molar-refractivity contribution in [3.63, 3.8) is 0 Å². The van der Waals surface area contributed by atoms with Crippen molar-refractivity contribution in [2.45, 2.75) is 29.7 Å². The summed E-state index contributed by atoms with van der Waals surface area (Å²) in [6, 6.07) is 18.5. The fourth-order valence-electron chi connectivity index (χ4n) is 3.17. The van der Waals surface area contributed by atoms with E-state index in [0.717, 1.165) is 18.5 Å². The molecule has 1 aromatic heterocycles. The van der Waals surface area contributed by atoms with E-state index >= 15 is 0 Å². The van der Waals surface area contributed by atoms with Crippen LogP contribution >= 0.6 is 11.8 Å². The van der Waals surface area contributed by atoms with Crippen molar-refractivity contribution in [1.82, 2.24) is 25.1 Å². The predicted molar refractivity (Wildman–Crippen MR) is 105 cm³/mol. The number of tetrazole rings is 1. The second-order valence-corrected chi connectivity index (χ2v) is 7.64. The van der Waals surface area contributed by atoms with E-state index in [1.54, 1.807) is 28.9 Å². The lowest BCUT2D eigenvalue weighted by atomic mass is 10.2. The van der Waals surface area contributed by atoms with Gasteiger partial charge in [0.2, 0.25) is 11.1 Å². The Morgan fingerprint density at radius 1 is 1.00 bits per heavy atom. The summed E-state index contributed by atoms with van der Waals surface area (Å²) in [6.45, 7) is 0.438. The molecule has 0 saturated carbocycles. The number of thioether (sulfide) groups is 1. The highest BCUT2D eigenvalue weighted by atomic mass is 32.2. The molecule has 0 bridgehead atoms. The lowest BCUT2D eigenvalue weighted by Gasteiger charge is -2.22. The number of aromatic nitrogens is 4. The maximum atomic E-state index is 13.1. The molecule has 0 radical (unpaired) electrons. The van der Waals surface area contributed by atoms with Crippen LogP contribution in [0, 0.1) is 0 Å². The topological polar surface area (TPSA) is 81.0 Å². The zero-order chi connectivity index (χ0) is 19.3. The van der Waals surface area contributed by atoms with Crippen molar-refractivity contribution in [1.29, 1.82) is 0 Å². The highest BCUT2D eigenvalue weighted by Crippen LogP contribution is 2.30. The molecule has 0 N–H and O–H groups in total. The molecule has 1 aliphatic rings. The molecule has 2 amide bonds. The van der Waals surface area contributed by atoms with Crippen molar-refractivity contribution in [2.24, 2.45) is 0 Å². The number of amides is 2. The molecule has 8 heteroatoms. The Balaban J connectivity index is 1.56. The molecule has 2 heterocycles. The molecular formula is C20H19N5O2S. The number of benzene rings is 2. The summed E-state index contributed by atoms with van der Waals surface area (Å²) in [5, 5.41) is 12.0. The predicted octanol–water partition coefficient (Wildman–Crippen LogP) is 2.98. The van der Waals surface area contributed by atoms with Gasteiger partial charge in [-0.05, 0) is 47.5 Å². The van der Waals surface area contributed by atoms with E-state index in [1.807, 2.05) is 36.4 Å². The van der Waals surface area contributed by atoms with Gasteiger partial charge in [0.25, 0.3) is 5.91 Å². The first-order valence-electron chi connectivity index (χ1n) is 9.15. The average Bonchev–Trinajstić information content (AvgIpc) is 3.13.